The number of carboxylic acid groups (broad SMARTS) is 1. The molecule has 0 aliphatic carbocycles. The lowest BCUT2D eigenvalue weighted by molar-refractivity contribution is 0.0698. The molecular weight excluding hydrogens is 277 g/mol. The number of benzene rings is 2. The summed E-state index contributed by atoms with van der Waals surface area (Å²) in [4.78, 5) is 23.2. The molecular formula is C15H12FNO4. The third-order valence-electron chi connectivity index (χ3n) is 2.82. The molecule has 6 heteroatoms. The number of carboxylic acids is 1. The molecule has 2 aromatic carbocycles. The normalized spacial score (nSPS) is 10.0. The first-order valence-corrected chi connectivity index (χ1v) is 6.00. The first-order chi connectivity index (χ1) is 10.0. The Hall–Kier alpha value is -2.89. The van der Waals surface area contributed by atoms with Crippen LogP contribution in [0.5, 0.6) is 5.75 Å². The van der Waals surface area contributed by atoms with Crippen molar-refractivity contribution < 1.29 is 23.8 Å². The Morgan fingerprint density at radius 1 is 1.19 bits per heavy atom. The fourth-order valence-corrected chi connectivity index (χ4v) is 1.77. The van der Waals surface area contributed by atoms with Crippen LogP contribution in [0.2, 0.25) is 0 Å². The maximum atomic E-state index is 13.3. The number of hydrogen-bond acceptors (Lipinski definition) is 3. The van der Waals surface area contributed by atoms with Gasteiger partial charge in [0.2, 0.25) is 0 Å². The average molecular weight is 289 g/mol. The quantitative estimate of drug-likeness (QED) is 0.907. The number of ether oxygens (including phenoxy) is 1. The predicted molar refractivity (Wildman–Crippen MR) is 74.3 cm³/mol. The molecule has 0 aliphatic rings. The number of para-hydroxylation sites is 1. The molecule has 1 amide bonds. The summed E-state index contributed by atoms with van der Waals surface area (Å²) >= 11 is 0. The molecule has 0 heterocycles. The number of halogens is 1. The highest BCUT2D eigenvalue weighted by Crippen LogP contribution is 2.20. The maximum Gasteiger partial charge on any atom is 0.337 e. The SMILES string of the molecule is COc1cc(C(=O)Nc2ccccc2C(=O)O)ccc1F. The second-order valence-electron chi connectivity index (χ2n) is 4.15. The van der Waals surface area contributed by atoms with E-state index in [9.17, 15) is 14.0 Å². The summed E-state index contributed by atoms with van der Waals surface area (Å²) < 4.78 is 18.1. The van der Waals surface area contributed by atoms with Crippen LogP contribution in [0.25, 0.3) is 0 Å². The lowest BCUT2D eigenvalue weighted by Crippen LogP contribution is -2.15. The van der Waals surface area contributed by atoms with Gasteiger partial charge in [-0.05, 0) is 30.3 Å². The Morgan fingerprint density at radius 2 is 1.90 bits per heavy atom. The molecule has 0 unspecified atom stereocenters. The van der Waals surface area contributed by atoms with Crippen LogP contribution in [0.15, 0.2) is 42.5 Å². The Morgan fingerprint density at radius 3 is 2.57 bits per heavy atom. The number of nitrogens with one attached hydrogen (secondary N) is 1. The van der Waals surface area contributed by atoms with Gasteiger partial charge in [0.15, 0.2) is 11.6 Å². The van der Waals surface area contributed by atoms with Crippen molar-refractivity contribution in [2.24, 2.45) is 0 Å². The molecule has 0 saturated heterocycles. The van der Waals surface area contributed by atoms with Gasteiger partial charge in [-0.2, -0.15) is 0 Å². The van der Waals surface area contributed by atoms with E-state index in [-0.39, 0.29) is 22.6 Å². The molecule has 0 aliphatic heterocycles. The molecule has 108 valence electrons. The summed E-state index contributed by atoms with van der Waals surface area (Å²) in [7, 11) is 1.29. The summed E-state index contributed by atoms with van der Waals surface area (Å²) in [5, 5.41) is 11.5. The third-order valence-corrected chi connectivity index (χ3v) is 2.82. The molecule has 2 aromatic rings. The van der Waals surface area contributed by atoms with Crippen molar-refractivity contribution in [3.8, 4) is 5.75 Å². The molecule has 0 spiro atoms. The Balaban J connectivity index is 2.28. The number of carbonyl (C=O) groups is 2. The molecule has 5 nitrogen and oxygen atoms in total. The second kappa shape index (κ2) is 6.04. The fourth-order valence-electron chi connectivity index (χ4n) is 1.77. The van der Waals surface area contributed by atoms with Gasteiger partial charge in [-0.1, -0.05) is 12.1 Å². The van der Waals surface area contributed by atoms with Gasteiger partial charge >= 0.3 is 5.97 Å². The zero-order valence-corrected chi connectivity index (χ0v) is 11.1. The molecule has 2 rings (SSSR count). The standard InChI is InChI=1S/C15H12FNO4/c1-21-13-8-9(6-7-11(13)16)14(18)17-12-5-3-2-4-10(12)15(19)20/h2-8H,1H3,(H,17,18)(H,19,20). The van der Waals surface area contributed by atoms with E-state index in [0.29, 0.717) is 0 Å². The van der Waals surface area contributed by atoms with Gasteiger partial charge < -0.3 is 15.2 Å². The summed E-state index contributed by atoms with van der Waals surface area (Å²) in [5.74, 6) is -2.35. The fraction of sp³-hybridized carbons (Fsp3) is 0.0667. The molecule has 0 aromatic heterocycles. The highest BCUT2D eigenvalue weighted by atomic mass is 19.1. The van der Waals surface area contributed by atoms with E-state index in [1.165, 1.54) is 31.4 Å². The largest absolute Gasteiger partial charge is 0.494 e. The van der Waals surface area contributed by atoms with Crippen LogP contribution in [0, 0.1) is 5.82 Å². The highest BCUT2D eigenvalue weighted by Gasteiger charge is 2.14. The van der Waals surface area contributed by atoms with E-state index >= 15 is 0 Å². The number of amides is 1. The van der Waals surface area contributed by atoms with E-state index in [1.807, 2.05) is 0 Å². The first kappa shape index (κ1) is 14.5. The Bertz CT molecular complexity index is 700. The lowest BCUT2D eigenvalue weighted by atomic mass is 10.1. The van der Waals surface area contributed by atoms with Gasteiger partial charge in [0, 0.05) is 5.56 Å². The topological polar surface area (TPSA) is 75.6 Å². The number of anilines is 1. The summed E-state index contributed by atoms with van der Waals surface area (Å²) in [5.41, 5.74) is 0.298. The molecule has 2 N–H and O–H groups in total. The van der Waals surface area contributed by atoms with Gasteiger partial charge in [0.05, 0.1) is 18.4 Å². The van der Waals surface area contributed by atoms with Gasteiger partial charge in [-0.3, -0.25) is 4.79 Å². The van der Waals surface area contributed by atoms with Crippen molar-refractivity contribution in [1.29, 1.82) is 0 Å². The van der Waals surface area contributed by atoms with Crippen LogP contribution < -0.4 is 10.1 Å². The minimum Gasteiger partial charge on any atom is -0.494 e. The molecule has 0 fully saturated rings. The smallest absolute Gasteiger partial charge is 0.337 e. The predicted octanol–water partition coefficient (Wildman–Crippen LogP) is 2.78. The second-order valence-corrected chi connectivity index (χ2v) is 4.15. The van der Waals surface area contributed by atoms with Gasteiger partial charge in [0.25, 0.3) is 5.91 Å². The number of rotatable bonds is 4. The number of aromatic carboxylic acids is 1. The van der Waals surface area contributed by atoms with Crippen molar-refractivity contribution in [2.75, 3.05) is 12.4 Å². The Kier molecular flexibility index (Phi) is 4.18. The summed E-state index contributed by atoms with van der Waals surface area (Å²) in [6, 6.07) is 9.65. The van der Waals surface area contributed by atoms with Crippen LogP contribution in [0.4, 0.5) is 10.1 Å². The average Bonchev–Trinajstić information content (AvgIpc) is 2.48. The molecule has 0 bridgehead atoms. The van der Waals surface area contributed by atoms with E-state index in [0.717, 1.165) is 6.07 Å². The van der Waals surface area contributed by atoms with Gasteiger partial charge in [-0.25, -0.2) is 9.18 Å². The molecule has 0 radical (unpaired) electrons. The summed E-state index contributed by atoms with van der Waals surface area (Å²) in [6.45, 7) is 0. The van der Waals surface area contributed by atoms with Crippen molar-refractivity contribution in [3.05, 3.63) is 59.4 Å². The molecule has 0 saturated carbocycles. The highest BCUT2D eigenvalue weighted by molar-refractivity contribution is 6.07. The van der Waals surface area contributed by atoms with E-state index < -0.39 is 17.7 Å². The van der Waals surface area contributed by atoms with Gasteiger partial charge in [0.1, 0.15) is 0 Å². The van der Waals surface area contributed by atoms with E-state index in [4.69, 9.17) is 9.84 Å². The minimum atomic E-state index is -1.15. The molecule has 0 atom stereocenters. The minimum absolute atomic E-state index is 0.0278. The van der Waals surface area contributed by atoms with Crippen molar-refractivity contribution in [1.82, 2.24) is 0 Å². The first-order valence-electron chi connectivity index (χ1n) is 6.00. The maximum absolute atomic E-state index is 13.3. The lowest BCUT2D eigenvalue weighted by Gasteiger charge is -2.09. The van der Waals surface area contributed by atoms with Crippen LogP contribution in [0.1, 0.15) is 20.7 Å². The third kappa shape index (κ3) is 3.17. The van der Waals surface area contributed by atoms with Crippen LogP contribution in [-0.2, 0) is 0 Å². The van der Waals surface area contributed by atoms with Gasteiger partial charge in [-0.15, -0.1) is 0 Å². The van der Waals surface area contributed by atoms with Crippen LogP contribution in [0.3, 0.4) is 0 Å². The monoisotopic (exact) mass is 289 g/mol. The zero-order chi connectivity index (χ0) is 15.4. The Labute approximate surface area is 120 Å². The zero-order valence-electron chi connectivity index (χ0n) is 11.1. The van der Waals surface area contributed by atoms with Crippen molar-refractivity contribution in [2.45, 2.75) is 0 Å². The van der Waals surface area contributed by atoms with Crippen LogP contribution >= 0.6 is 0 Å². The van der Waals surface area contributed by atoms with E-state index in [1.54, 1.807) is 12.1 Å². The summed E-state index contributed by atoms with van der Waals surface area (Å²) in [6.07, 6.45) is 0. The van der Waals surface area contributed by atoms with Crippen molar-refractivity contribution >= 4 is 17.6 Å². The van der Waals surface area contributed by atoms with Crippen molar-refractivity contribution in [3.63, 3.8) is 0 Å². The van der Waals surface area contributed by atoms with Crippen LogP contribution in [-0.4, -0.2) is 24.1 Å². The molecule has 21 heavy (non-hydrogen) atoms. The number of carbonyl (C=O) groups excluding carboxylic acids is 1. The van der Waals surface area contributed by atoms with E-state index in [2.05, 4.69) is 5.32 Å². The number of methoxy groups -OCH3 is 1. The number of hydrogen-bond donors (Lipinski definition) is 2.